The molecule has 0 aromatic heterocycles. The summed E-state index contributed by atoms with van der Waals surface area (Å²) >= 11 is 0. The van der Waals surface area contributed by atoms with E-state index in [-0.39, 0.29) is 6.42 Å². The first-order valence-electron chi connectivity index (χ1n) is 5.41. The topological polar surface area (TPSA) is 46.5 Å². The van der Waals surface area contributed by atoms with Crippen molar-refractivity contribution in [1.82, 2.24) is 0 Å². The van der Waals surface area contributed by atoms with E-state index in [9.17, 15) is 4.79 Å². The molecule has 1 unspecified atom stereocenters. The summed E-state index contributed by atoms with van der Waals surface area (Å²) in [5.41, 5.74) is 0. The normalized spacial score (nSPS) is 14.6. The molecule has 0 fully saturated rings. The third kappa shape index (κ3) is 3.59. The second-order valence-corrected chi connectivity index (χ2v) is 9.22. The molecule has 0 bridgehead atoms. The molecule has 0 saturated carbocycles. The first-order chi connectivity index (χ1) is 7.58. The van der Waals surface area contributed by atoms with Crippen LogP contribution in [0.3, 0.4) is 0 Å². The fourth-order valence-electron chi connectivity index (χ4n) is 1.73. The molecule has 16 heavy (non-hydrogen) atoms. The number of rotatable bonds is 6. The predicted molar refractivity (Wildman–Crippen MR) is 70.4 cm³/mol. The smallest absolute Gasteiger partial charge is 0.303 e. The maximum Gasteiger partial charge on any atom is 0.303 e. The average molecular weight is 254 g/mol. The monoisotopic (exact) mass is 254 g/mol. The van der Waals surface area contributed by atoms with Gasteiger partial charge in [0.05, 0.1) is 0 Å². The number of carboxylic acids is 1. The van der Waals surface area contributed by atoms with Gasteiger partial charge in [-0.2, -0.15) is 0 Å². The van der Waals surface area contributed by atoms with Gasteiger partial charge in [0.2, 0.25) is 8.32 Å². The number of hydrogen-bond donors (Lipinski definition) is 1. The molecule has 5 heteroatoms. The molecule has 1 N–H and O–H groups in total. The molecule has 1 aromatic rings. The summed E-state index contributed by atoms with van der Waals surface area (Å²) in [7, 11) is -1.16. The molecule has 0 amide bonds. The van der Waals surface area contributed by atoms with Gasteiger partial charge < -0.3 is 9.22 Å². The zero-order valence-corrected chi connectivity index (χ0v) is 12.8. The van der Waals surface area contributed by atoms with Gasteiger partial charge in [-0.15, -0.1) is 0 Å². The number of benzene rings is 1. The van der Waals surface area contributed by atoms with Crippen molar-refractivity contribution in [1.29, 1.82) is 0 Å². The van der Waals surface area contributed by atoms with Gasteiger partial charge in [0.25, 0.3) is 0 Å². The van der Waals surface area contributed by atoms with Gasteiger partial charge >= 0.3 is 5.97 Å². The van der Waals surface area contributed by atoms with Gasteiger partial charge in [-0.3, -0.25) is 4.79 Å². The second-order valence-electron chi connectivity index (χ2n) is 4.05. The maximum absolute atomic E-state index is 10.5. The fraction of sp³-hybridized carbons (Fsp3) is 0.364. The quantitative estimate of drug-likeness (QED) is 0.758. The molecule has 0 aliphatic carbocycles. The highest BCUT2D eigenvalue weighted by Gasteiger charge is 2.28. The summed E-state index contributed by atoms with van der Waals surface area (Å²) in [6.07, 6.45) is 0.940. The molecular formula is C11H18O3Si2. The minimum Gasteiger partial charge on any atom is -0.481 e. The van der Waals surface area contributed by atoms with Crippen molar-refractivity contribution >= 4 is 30.0 Å². The summed E-state index contributed by atoms with van der Waals surface area (Å²) in [4.78, 5) is 10.5. The Bertz CT molecular complexity index is 342. The van der Waals surface area contributed by atoms with Crippen LogP contribution in [0.1, 0.15) is 12.8 Å². The molecule has 0 saturated heterocycles. The van der Waals surface area contributed by atoms with Crippen LogP contribution >= 0.6 is 0 Å². The van der Waals surface area contributed by atoms with E-state index in [1.54, 1.807) is 0 Å². The molecule has 88 valence electrons. The summed E-state index contributed by atoms with van der Waals surface area (Å²) in [5, 5.41) is 9.90. The highest BCUT2D eigenvalue weighted by atomic mass is 28.4. The molecule has 1 aromatic carbocycles. The van der Waals surface area contributed by atoms with E-state index < -0.39 is 14.3 Å². The van der Waals surface area contributed by atoms with Gasteiger partial charge in [-0.25, -0.2) is 0 Å². The van der Waals surface area contributed by atoms with Crippen LogP contribution in [0, 0.1) is 0 Å². The third-order valence-electron chi connectivity index (χ3n) is 2.88. The summed E-state index contributed by atoms with van der Waals surface area (Å²) < 4.78 is 5.79. The molecule has 0 heterocycles. The molecule has 0 aliphatic heterocycles. The molecule has 1 atom stereocenters. The SMILES string of the molecule is C[Si](CCCC(=O)O)(O[SiH3])c1ccccc1. The maximum atomic E-state index is 10.5. The lowest BCUT2D eigenvalue weighted by Gasteiger charge is -2.26. The molecule has 3 nitrogen and oxygen atoms in total. The van der Waals surface area contributed by atoms with E-state index in [1.807, 2.05) is 18.2 Å². The van der Waals surface area contributed by atoms with Crippen molar-refractivity contribution in [2.45, 2.75) is 25.4 Å². The van der Waals surface area contributed by atoms with Crippen LogP contribution in [0.2, 0.25) is 12.6 Å². The van der Waals surface area contributed by atoms with E-state index in [0.29, 0.717) is 16.9 Å². The highest BCUT2D eigenvalue weighted by molar-refractivity contribution is 6.87. The lowest BCUT2D eigenvalue weighted by atomic mass is 10.3. The Morgan fingerprint density at radius 2 is 2.06 bits per heavy atom. The molecule has 0 spiro atoms. The first kappa shape index (κ1) is 13.2. The van der Waals surface area contributed by atoms with Crippen molar-refractivity contribution in [2.24, 2.45) is 0 Å². The Hall–Kier alpha value is -0.916. The average Bonchev–Trinajstić information content (AvgIpc) is 2.29. The van der Waals surface area contributed by atoms with Crippen LogP contribution in [0.25, 0.3) is 0 Å². The van der Waals surface area contributed by atoms with Gasteiger partial charge in [-0.1, -0.05) is 30.3 Å². The lowest BCUT2D eigenvalue weighted by Crippen LogP contribution is -2.47. The van der Waals surface area contributed by atoms with Crippen molar-refractivity contribution in [3.05, 3.63) is 30.3 Å². The van der Waals surface area contributed by atoms with Gasteiger partial charge in [0.15, 0.2) is 0 Å². The Labute approximate surface area is 100 Å². The van der Waals surface area contributed by atoms with Crippen LogP contribution in [-0.4, -0.2) is 29.9 Å². The Balaban J connectivity index is 2.67. The van der Waals surface area contributed by atoms with E-state index in [2.05, 4.69) is 18.7 Å². The standard InChI is InChI=1S/C11H18O3Si2/c1-16(14-15,9-5-8-11(12)13)10-6-3-2-4-7-10/h2-4,6-7H,5,8-9H2,1,15H3,(H,12,13). The number of carbonyl (C=O) groups is 1. The summed E-state index contributed by atoms with van der Waals surface area (Å²) in [6.45, 7) is 2.16. The minimum absolute atomic E-state index is 0.236. The summed E-state index contributed by atoms with van der Waals surface area (Å²) in [5.74, 6) is -0.724. The largest absolute Gasteiger partial charge is 0.481 e. The highest BCUT2D eigenvalue weighted by Crippen LogP contribution is 2.14. The summed E-state index contributed by atoms with van der Waals surface area (Å²) in [6, 6.07) is 11.1. The zero-order chi connectivity index (χ0) is 12.0. The lowest BCUT2D eigenvalue weighted by molar-refractivity contribution is -0.137. The predicted octanol–water partition coefficient (Wildman–Crippen LogP) is 0.631. The zero-order valence-electron chi connectivity index (χ0n) is 9.77. The third-order valence-corrected chi connectivity index (χ3v) is 9.35. The number of aliphatic carboxylic acids is 1. The van der Waals surface area contributed by atoms with Crippen LogP contribution in [0.15, 0.2) is 30.3 Å². The second kappa shape index (κ2) is 5.98. The van der Waals surface area contributed by atoms with Gasteiger partial charge in [-0.05, 0) is 24.2 Å². The Morgan fingerprint density at radius 3 is 2.56 bits per heavy atom. The fourth-order valence-corrected chi connectivity index (χ4v) is 5.53. The van der Waals surface area contributed by atoms with Crippen LogP contribution in [0.5, 0.6) is 0 Å². The van der Waals surface area contributed by atoms with Crippen molar-refractivity contribution in [3.63, 3.8) is 0 Å². The van der Waals surface area contributed by atoms with E-state index in [0.717, 1.165) is 6.04 Å². The van der Waals surface area contributed by atoms with Crippen LogP contribution in [-0.2, 0) is 8.91 Å². The Kier molecular flexibility index (Phi) is 4.91. The van der Waals surface area contributed by atoms with Crippen LogP contribution in [0.4, 0.5) is 0 Å². The number of hydrogen-bond acceptors (Lipinski definition) is 2. The first-order valence-corrected chi connectivity index (χ1v) is 8.84. The molecule has 0 aliphatic rings. The van der Waals surface area contributed by atoms with Crippen molar-refractivity contribution in [2.75, 3.05) is 0 Å². The molecule has 0 radical (unpaired) electrons. The van der Waals surface area contributed by atoms with E-state index >= 15 is 0 Å². The van der Waals surface area contributed by atoms with Gasteiger partial charge in [0.1, 0.15) is 10.5 Å². The van der Waals surface area contributed by atoms with E-state index in [4.69, 9.17) is 9.22 Å². The van der Waals surface area contributed by atoms with Gasteiger partial charge in [0, 0.05) is 6.42 Å². The van der Waals surface area contributed by atoms with Crippen LogP contribution < -0.4 is 5.19 Å². The molecular weight excluding hydrogens is 236 g/mol. The van der Waals surface area contributed by atoms with Crippen molar-refractivity contribution in [3.8, 4) is 0 Å². The molecule has 1 rings (SSSR count). The van der Waals surface area contributed by atoms with Crippen molar-refractivity contribution < 1.29 is 14.0 Å². The Morgan fingerprint density at radius 1 is 1.44 bits per heavy atom. The van der Waals surface area contributed by atoms with E-state index in [1.165, 1.54) is 5.19 Å². The minimum atomic E-state index is -1.87. The number of carboxylic acid groups (broad SMARTS) is 1.